The lowest BCUT2D eigenvalue weighted by Crippen LogP contribution is -1.96. The number of carboxylic acid groups (broad SMARTS) is 1. The maximum Gasteiger partial charge on any atom is 0.337 e. The van der Waals surface area contributed by atoms with Crippen LogP contribution in [-0.2, 0) is 0 Å². The molecule has 2 rings (SSSR count). The van der Waals surface area contributed by atoms with Gasteiger partial charge in [-0.05, 0) is 24.3 Å². The first kappa shape index (κ1) is 9.33. The number of carboxylic acids is 1. The Labute approximate surface area is 86.3 Å². The number of allylic oxidation sites excluding steroid dienone is 2. The van der Waals surface area contributed by atoms with Gasteiger partial charge >= 0.3 is 5.97 Å². The zero-order valence-corrected chi connectivity index (χ0v) is 7.79. The largest absolute Gasteiger partial charge is 0.478 e. The molecule has 0 atom stereocenters. The van der Waals surface area contributed by atoms with E-state index in [2.05, 4.69) is 9.98 Å². The third-order valence-corrected chi connectivity index (χ3v) is 1.95. The molecule has 15 heavy (non-hydrogen) atoms. The lowest BCUT2D eigenvalue weighted by Gasteiger charge is -2.04. The molecule has 0 spiro atoms. The van der Waals surface area contributed by atoms with Gasteiger partial charge in [0.1, 0.15) is 5.69 Å². The van der Waals surface area contributed by atoms with E-state index in [9.17, 15) is 4.79 Å². The Bertz CT molecular complexity index is 487. The van der Waals surface area contributed by atoms with Crippen LogP contribution in [0.3, 0.4) is 0 Å². The molecule has 0 unspecified atom stereocenters. The maximum absolute atomic E-state index is 10.9. The van der Waals surface area contributed by atoms with Gasteiger partial charge in [-0.15, -0.1) is 0 Å². The fraction of sp³-hybridized carbons (Fsp3) is 0. The Morgan fingerprint density at radius 2 is 1.87 bits per heavy atom. The predicted molar refractivity (Wildman–Crippen MR) is 58.8 cm³/mol. The first-order valence-corrected chi connectivity index (χ1v) is 4.39. The zero-order chi connectivity index (χ0) is 10.7. The summed E-state index contributed by atoms with van der Waals surface area (Å²) < 4.78 is 0. The molecule has 1 aliphatic heterocycles. The number of benzene rings is 1. The summed E-state index contributed by atoms with van der Waals surface area (Å²) >= 11 is 0. The molecule has 0 bridgehead atoms. The van der Waals surface area contributed by atoms with Crippen LogP contribution in [0.2, 0.25) is 0 Å². The molecular formula is C11H8N2O2. The summed E-state index contributed by atoms with van der Waals surface area (Å²) in [5.74, 6) is -0.997. The van der Waals surface area contributed by atoms with Crippen molar-refractivity contribution < 1.29 is 9.90 Å². The van der Waals surface area contributed by atoms with Crippen molar-refractivity contribution in [1.82, 2.24) is 0 Å². The second-order valence-corrected chi connectivity index (χ2v) is 2.92. The molecule has 0 fully saturated rings. The minimum absolute atomic E-state index is 0.163. The minimum Gasteiger partial charge on any atom is -0.478 e. The number of aromatic carboxylic acids is 1. The smallest absolute Gasteiger partial charge is 0.337 e. The van der Waals surface area contributed by atoms with Gasteiger partial charge in [-0.3, -0.25) is 9.98 Å². The van der Waals surface area contributed by atoms with E-state index in [1.54, 1.807) is 36.7 Å². The molecule has 0 amide bonds. The molecule has 1 N–H and O–H groups in total. The van der Waals surface area contributed by atoms with Crippen LogP contribution in [0, 0.1) is 0 Å². The van der Waals surface area contributed by atoms with Gasteiger partial charge < -0.3 is 5.11 Å². The van der Waals surface area contributed by atoms with Crippen LogP contribution in [-0.4, -0.2) is 23.5 Å². The Balaban J connectivity index is 2.64. The van der Waals surface area contributed by atoms with Gasteiger partial charge in [0.05, 0.1) is 11.3 Å². The number of nitrogens with zero attached hydrogens (tertiary/aromatic N) is 2. The van der Waals surface area contributed by atoms with Crippen molar-refractivity contribution in [3.8, 4) is 0 Å². The molecule has 1 aliphatic rings. The molecule has 74 valence electrons. The normalized spacial score (nSPS) is 15.2. The monoisotopic (exact) mass is 200 g/mol. The second-order valence-electron chi connectivity index (χ2n) is 2.92. The van der Waals surface area contributed by atoms with E-state index in [1.807, 2.05) is 0 Å². The highest BCUT2D eigenvalue weighted by atomic mass is 16.4. The third kappa shape index (κ3) is 1.83. The van der Waals surface area contributed by atoms with Crippen LogP contribution in [0.25, 0.3) is 0 Å². The molecule has 4 heteroatoms. The summed E-state index contributed by atoms with van der Waals surface area (Å²) in [6.45, 7) is 0. The van der Waals surface area contributed by atoms with Crippen LogP contribution in [0.4, 0.5) is 11.4 Å². The molecule has 0 aliphatic carbocycles. The zero-order valence-electron chi connectivity index (χ0n) is 7.79. The van der Waals surface area contributed by atoms with Crippen LogP contribution in [0.5, 0.6) is 0 Å². The third-order valence-electron chi connectivity index (χ3n) is 1.95. The summed E-state index contributed by atoms with van der Waals surface area (Å²) in [7, 11) is 0. The highest BCUT2D eigenvalue weighted by molar-refractivity contribution is 5.99. The Morgan fingerprint density at radius 1 is 1.13 bits per heavy atom. The quantitative estimate of drug-likeness (QED) is 0.756. The molecule has 1 aromatic rings. The van der Waals surface area contributed by atoms with Crippen molar-refractivity contribution in [2.24, 2.45) is 9.98 Å². The van der Waals surface area contributed by atoms with Crippen molar-refractivity contribution in [3.05, 3.63) is 35.9 Å². The van der Waals surface area contributed by atoms with Gasteiger partial charge in [0, 0.05) is 12.4 Å². The standard InChI is InChI=1S/C11H8N2O2/c14-11(15)8-4-3-5-9-10(8)13-7-2-1-6-12-9/h1-7H,(H,14,15)/b2-1-,6-1?,7-2?,12-6?,12-9?,13-7?,13-10?. The lowest BCUT2D eigenvalue weighted by atomic mass is 10.1. The van der Waals surface area contributed by atoms with E-state index in [-0.39, 0.29) is 5.56 Å². The summed E-state index contributed by atoms with van der Waals surface area (Å²) in [5.41, 5.74) is 1.12. The van der Waals surface area contributed by atoms with Crippen molar-refractivity contribution in [2.75, 3.05) is 0 Å². The van der Waals surface area contributed by atoms with Crippen LogP contribution >= 0.6 is 0 Å². The molecule has 0 aromatic heterocycles. The number of rotatable bonds is 1. The van der Waals surface area contributed by atoms with E-state index in [0.717, 1.165) is 0 Å². The molecule has 1 aromatic carbocycles. The molecular weight excluding hydrogens is 192 g/mol. The summed E-state index contributed by atoms with van der Waals surface area (Å²) in [4.78, 5) is 19.1. The topological polar surface area (TPSA) is 62.0 Å². The van der Waals surface area contributed by atoms with Crippen molar-refractivity contribution in [1.29, 1.82) is 0 Å². The number of hydrogen-bond donors (Lipinski definition) is 1. The number of fused-ring (bicyclic) bond motifs is 1. The predicted octanol–water partition coefficient (Wildman–Crippen LogP) is 2.36. The number of aliphatic imine (C=N–C) groups is 2. The number of hydrogen-bond acceptors (Lipinski definition) is 3. The van der Waals surface area contributed by atoms with Gasteiger partial charge in [0.25, 0.3) is 0 Å². The Morgan fingerprint density at radius 3 is 2.60 bits per heavy atom. The summed E-state index contributed by atoms with van der Waals surface area (Å²) in [6, 6.07) is 4.90. The SMILES string of the molecule is O=C(O)c1cccc2c1N=C/C=C\C=N2. The summed E-state index contributed by atoms with van der Waals surface area (Å²) in [5, 5.41) is 8.96. The minimum atomic E-state index is -0.997. The van der Waals surface area contributed by atoms with E-state index in [0.29, 0.717) is 11.4 Å². The lowest BCUT2D eigenvalue weighted by molar-refractivity contribution is 0.0698. The number of para-hydroxylation sites is 1. The fourth-order valence-electron chi connectivity index (χ4n) is 1.28. The van der Waals surface area contributed by atoms with Crippen molar-refractivity contribution in [3.63, 3.8) is 0 Å². The van der Waals surface area contributed by atoms with Crippen LogP contribution in [0.15, 0.2) is 40.3 Å². The van der Waals surface area contributed by atoms with Gasteiger partial charge in [-0.1, -0.05) is 6.07 Å². The average molecular weight is 200 g/mol. The maximum atomic E-state index is 10.9. The highest BCUT2D eigenvalue weighted by Gasteiger charge is 2.12. The molecule has 4 nitrogen and oxygen atoms in total. The highest BCUT2D eigenvalue weighted by Crippen LogP contribution is 2.31. The van der Waals surface area contributed by atoms with E-state index < -0.39 is 5.97 Å². The van der Waals surface area contributed by atoms with E-state index in [4.69, 9.17) is 5.11 Å². The molecule has 0 saturated heterocycles. The Kier molecular flexibility index (Phi) is 2.41. The van der Waals surface area contributed by atoms with Gasteiger partial charge in [0.2, 0.25) is 0 Å². The van der Waals surface area contributed by atoms with Gasteiger partial charge in [-0.25, -0.2) is 4.79 Å². The first-order valence-electron chi connectivity index (χ1n) is 4.39. The first-order chi connectivity index (χ1) is 7.29. The Hall–Kier alpha value is -2.23. The second kappa shape index (κ2) is 3.88. The van der Waals surface area contributed by atoms with Gasteiger partial charge in [0.15, 0.2) is 0 Å². The van der Waals surface area contributed by atoms with Crippen molar-refractivity contribution in [2.45, 2.75) is 0 Å². The van der Waals surface area contributed by atoms with Crippen LogP contribution in [0.1, 0.15) is 10.4 Å². The van der Waals surface area contributed by atoms with Gasteiger partial charge in [-0.2, -0.15) is 0 Å². The summed E-state index contributed by atoms with van der Waals surface area (Å²) in [6.07, 6.45) is 6.59. The van der Waals surface area contributed by atoms with Crippen LogP contribution < -0.4 is 0 Å². The number of carbonyl (C=O) groups is 1. The average Bonchev–Trinajstić information content (AvgIpc) is 2.17. The fourth-order valence-corrected chi connectivity index (χ4v) is 1.28. The molecule has 1 heterocycles. The van der Waals surface area contributed by atoms with E-state index in [1.165, 1.54) is 6.07 Å². The van der Waals surface area contributed by atoms with Crippen molar-refractivity contribution >= 4 is 29.8 Å². The molecule has 0 radical (unpaired) electrons. The molecule has 0 saturated carbocycles. The van der Waals surface area contributed by atoms with E-state index >= 15 is 0 Å².